The Labute approximate surface area is 188 Å². The molecule has 164 valence electrons. The van der Waals surface area contributed by atoms with E-state index in [1.54, 1.807) is 28.9 Å². The number of aromatic nitrogens is 4. The maximum atomic E-state index is 13.5. The van der Waals surface area contributed by atoms with E-state index >= 15 is 0 Å². The number of benzene rings is 2. The fourth-order valence-corrected chi connectivity index (χ4v) is 3.71. The Kier molecular flexibility index (Phi) is 6.32. The maximum Gasteiger partial charge on any atom is 0.300 e. The molecule has 1 amide bonds. The van der Waals surface area contributed by atoms with Crippen LogP contribution >= 0.6 is 11.6 Å². The zero-order chi connectivity index (χ0) is 22.7. The van der Waals surface area contributed by atoms with Gasteiger partial charge in [0.15, 0.2) is 0 Å². The quantitative estimate of drug-likeness (QED) is 0.464. The van der Waals surface area contributed by atoms with E-state index in [-0.39, 0.29) is 17.5 Å². The van der Waals surface area contributed by atoms with E-state index < -0.39 is 11.4 Å². The summed E-state index contributed by atoms with van der Waals surface area (Å²) in [6, 6.07) is 13.1. The van der Waals surface area contributed by atoms with E-state index in [0.717, 1.165) is 5.56 Å². The highest BCUT2D eigenvalue weighted by Crippen LogP contribution is 2.15. The molecule has 4 aromatic rings. The molecule has 0 saturated heterocycles. The Hall–Kier alpha value is -3.52. The Bertz CT molecular complexity index is 1330. The van der Waals surface area contributed by atoms with Crippen LogP contribution in [0.3, 0.4) is 0 Å². The Morgan fingerprint density at radius 1 is 1.16 bits per heavy atom. The fraction of sp³-hybridized carbons (Fsp3) is 0.217. The molecular weight excluding hydrogens is 433 g/mol. The van der Waals surface area contributed by atoms with Gasteiger partial charge in [0.2, 0.25) is 11.6 Å². The smallest absolute Gasteiger partial charge is 0.300 e. The predicted octanol–water partition coefficient (Wildman–Crippen LogP) is 3.56. The lowest BCUT2D eigenvalue weighted by Gasteiger charge is -2.12. The number of carbonyl (C=O) groups excluding carboxylic acids is 1. The number of nitrogens with one attached hydrogen (secondary N) is 1. The zero-order valence-electron chi connectivity index (χ0n) is 17.3. The number of rotatable bonds is 7. The molecule has 0 saturated carbocycles. The minimum Gasteiger partial charge on any atom is -0.352 e. The molecule has 2 heterocycles. The van der Waals surface area contributed by atoms with Gasteiger partial charge in [0.05, 0.1) is 5.69 Å². The van der Waals surface area contributed by atoms with Crippen LogP contribution in [0.1, 0.15) is 24.7 Å². The summed E-state index contributed by atoms with van der Waals surface area (Å²) in [4.78, 5) is 25.1. The van der Waals surface area contributed by atoms with Gasteiger partial charge >= 0.3 is 5.56 Å². The first-order valence-electron chi connectivity index (χ1n) is 10.1. The summed E-state index contributed by atoms with van der Waals surface area (Å²) in [5.41, 5.74) is 1.00. The minimum atomic E-state index is -0.432. The molecule has 0 radical (unpaired) electrons. The van der Waals surface area contributed by atoms with Crippen LogP contribution in [0.15, 0.2) is 65.7 Å². The second-order valence-electron chi connectivity index (χ2n) is 7.64. The summed E-state index contributed by atoms with van der Waals surface area (Å²) in [6.07, 6.45) is 3.98. The van der Waals surface area contributed by atoms with Crippen molar-refractivity contribution in [1.29, 1.82) is 0 Å². The highest BCUT2D eigenvalue weighted by Gasteiger charge is 2.16. The van der Waals surface area contributed by atoms with Crippen molar-refractivity contribution in [3.63, 3.8) is 0 Å². The van der Waals surface area contributed by atoms with E-state index in [1.807, 2.05) is 25.1 Å². The van der Waals surface area contributed by atoms with Crippen molar-refractivity contribution in [3.05, 3.63) is 93.5 Å². The number of halogens is 2. The highest BCUT2D eigenvalue weighted by molar-refractivity contribution is 6.31. The zero-order valence-corrected chi connectivity index (χ0v) is 18.1. The normalized spacial score (nSPS) is 12.1. The molecule has 1 N–H and O–H groups in total. The molecule has 4 rings (SSSR count). The Morgan fingerprint density at radius 3 is 2.75 bits per heavy atom. The molecule has 9 heteroatoms. The number of amides is 1. The van der Waals surface area contributed by atoms with Gasteiger partial charge in [-0.05, 0) is 35.7 Å². The second-order valence-corrected chi connectivity index (χ2v) is 8.05. The van der Waals surface area contributed by atoms with Crippen molar-refractivity contribution < 1.29 is 9.18 Å². The monoisotopic (exact) mass is 453 g/mol. The van der Waals surface area contributed by atoms with Crippen molar-refractivity contribution in [2.75, 3.05) is 0 Å². The predicted molar refractivity (Wildman–Crippen MR) is 119 cm³/mol. The van der Waals surface area contributed by atoms with Crippen LogP contribution in [0.4, 0.5) is 4.39 Å². The van der Waals surface area contributed by atoms with Gasteiger partial charge in [-0.3, -0.25) is 18.6 Å². The average Bonchev–Trinajstić information content (AvgIpc) is 3.17. The van der Waals surface area contributed by atoms with Gasteiger partial charge in [0, 0.05) is 36.8 Å². The third-order valence-corrected chi connectivity index (χ3v) is 5.50. The molecule has 1 unspecified atom stereocenters. The molecular formula is C23H21ClFN5O2. The first-order valence-corrected chi connectivity index (χ1v) is 10.5. The molecule has 2 aromatic heterocycles. The summed E-state index contributed by atoms with van der Waals surface area (Å²) in [5, 5.41) is 11.6. The van der Waals surface area contributed by atoms with Crippen molar-refractivity contribution >= 4 is 23.2 Å². The topological polar surface area (TPSA) is 81.3 Å². The average molecular weight is 454 g/mol. The van der Waals surface area contributed by atoms with Crippen LogP contribution in [0.5, 0.6) is 0 Å². The van der Waals surface area contributed by atoms with Gasteiger partial charge in [-0.25, -0.2) is 4.39 Å². The van der Waals surface area contributed by atoms with E-state index in [0.29, 0.717) is 35.9 Å². The lowest BCUT2D eigenvalue weighted by Crippen LogP contribution is -2.25. The van der Waals surface area contributed by atoms with Crippen LogP contribution < -0.4 is 10.9 Å². The molecule has 1 atom stereocenters. The second kappa shape index (κ2) is 9.32. The lowest BCUT2D eigenvalue weighted by atomic mass is 10.0. The number of carbonyl (C=O) groups is 1. The van der Waals surface area contributed by atoms with Crippen LogP contribution in [0.25, 0.3) is 11.3 Å². The number of nitrogens with zero attached hydrogens (tertiary/aromatic N) is 4. The van der Waals surface area contributed by atoms with Crippen LogP contribution in [0.2, 0.25) is 5.02 Å². The van der Waals surface area contributed by atoms with Crippen molar-refractivity contribution in [3.8, 4) is 5.69 Å². The van der Waals surface area contributed by atoms with Crippen molar-refractivity contribution in [2.45, 2.75) is 26.3 Å². The maximum absolute atomic E-state index is 13.5. The molecule has 7 nitrogen and oxygen atoms in total. The molecule has 2 aromatic carbocycles. The van der Waals surface area contributed by atoms with Crippen LogP contribution in [-0.4, -0.2) is 25.1 Å². The Morgan fingerprint density at radius 2 is 1.97 bits per heavy atom. The molecule has 0 fully saturated rings. The molecule has 32 heavy (non-hydrogen) atoms. The summed E-state index contributed by atoms with van der Waals surface area (Å²) < 4.78 is 16.5. The van der Waals surface area contributed by atoms with Crippen LogP contribution in [0, 0.1) is 11.7 Å². The largest absolute Gasteiger partial charge is 0.352 e. The third kappa shape index (κ3) is 4.70. The highest BCUT2D eigenvalue weighted by atomic mass is 35.5. The summed E-state index contributed by atoms with van der Waals surface area (Å²) in [6.45, 7) is 2.29. The molecule has 0 spiro atoms. The molecule has 0 aliphatic carbocycles. The number of hydrogen-bond donors (Lipinski definition) is 1. The number of hydrogen-bond acceptors (Lipinski definition) is 4. The molecule has 0 aliphatic rings. The first-order chi connectivity index (χ1) is 15.4. The summed E-state index contributed by atoms with van der Waals surface area (Å²) in [5.74, 6) is 0.0203. The van der Waals surface area contributed by atoms with Crippen LogP contribution in [-0.2, 0) is 17.8 Å². The standard InChI is InChI=1S/C23H21ClFN5O2/c1-15(12-21(31)26-14-16-5-2-3-8-19(16)24)11-20-27-28-22-23(32)29(9-10-30(20)22)18-7-4-6-17(25)13-18/h2-10,13,15H,11-12,14H2,1H3,(H,26,31). The van der Waals surface area contributed by atoms with E-state index in [2.05, 4.69) is 15.5 Å². The Balaban J connectivity index is 1.44. The van der Waals surface area contributed by atoms with Gasteiger partial charge in [-0.1, -0.05) is 42.8 Å². The van der Waals surface area contributed by atoms with Crippen molar-refractivity contribution in [1.82, 2.24) is 24.5 Å². The minimum absolute atomic E-state index is 0.0284. The van der Waals surface area contributed by atoms with Crippen molar-refractivity contribution in [2.24, 2.45) is 5.92 Å². The first kappa shape index (κ1) is 21.7. The van der Waals surface area contributed by atoms with Gasteiger partial charge < -0.3 is 5.32 Å². The van der Waals surface area contributed by atoms with Gasteiger partial charge in [0.1, 0.15) is 11.6 Å². The van der Waals surface area contributed by atoms with Gasteiger partial charge in [0.25, 0.3) is 0 Å². The summed E-state index contributed by atoms with van der Waals surface area (Å²) in [7, 11) is 0. The van der Waals surface area contributed by atoms with E-state index in [1.165, 1.54) is 22.8 Å². The number of fused-ring (bicyclic) bond motifs is 1. The SMILES string of the molecule is CC(CC(=O)NCc1ccccc1Cl)Cc1nnc2c(=O)n(-c3cccc(F)c3)ccn12. The van der Waals surface area contributed by atoms with E-state index in [4.69, 9.17) is 11.6 Å². The molecule has 0 aliphatic heterocycles. The molecule has 0 bridgehead atoms. The van der Waals surface area contributed by atoms with Gasteiger partial charge in [-0.15, -0.1) is 10.2 Å². The fourth-order valence-electron chi connectivity index (χ4n) is 3.51. The van der Waals surface area contributed by atoms with E-state index in [9.17, 15) is 14.0 Å². The summed E-state index contributed by atoms with van der Waals surface area (Å²) >= 11 is 6.12. The van der Waals surface area contributed by atoms with Gasteiger partial charge in [-0.2, -0.15) is 0 Å². The lowest BCUT2D eigenvalue weighted by molar-refractivity contribution is -0.122. The third-order valence-electron chi connectivity index (χ3n) is 5.13.